The van der Waals surface area contributed by atoms with Gasteiger partial charge in [-0.15, -0.1) is 0 Å². The quantitative estimate of drug-likeness (QED) is 0.409. The Hall–Kier alpha value is -1.35. The van der Waals surface area contributed by atoms with E-state index in [1.54, 1.807) is 13.0 Å². The molecule has 0 saturated heterocycles. The third-order valence-corrected chi connectivity index (χ3v) is 1.47. The standard InChI is InChI=1S/C8H15NO2.C5H8/c1-7(2)8(10)11-6-5-9(3)4;1-4-5(2)3/h1,5-6H2,2-4H3;4H,1-2H2,3H3. The van der Waals surface area contributed by atoms with Crippen LogP contribution in [0.2, 0.25) is 0 Å². The van der Waals surface area contributed by atoms with Gasteiger partial charge in [0.25, 0.3) is 0 Å². The zero-order valence-electron chi connectivity index (χ0n) is 10.9. The van der Waals surface area contributed by atoms with E-state index in [0.717, 1.165) is 12.1 Å². The number of esters is 1. The summed E-state index contributed by atoms with van der Waals surface area (Å²) in [4.78, 5) is 12.7. The number of allylic oxidation sites excluding steroid dienone is 2. The summed E-state index contributed by atoms with van der Waals surface area (Å²) in [6.45, 7) is 15.2. The maximum absolute atomic E-state index is 10.8. The molecule has 0 fully saturated rings. The Balaban J connectivity index is 0. The molecule has 0 rings (SSSR count). The Morgan fingerprint density at radius 2 is 1.75 bits per heavy atom. The van der Waals surface area contributed by atoms with Crippen LogP contribution in [0.3, 0.4) is 0 Å². The summed E-state index contributed by atoms with van der Waals surface area (Å²) in [5, 5.41) is 0. The number of ether oxygens (including phenoxy) is 1. The first-order valence-corrected chi connectivity index (χ1v) is 5.06. The van der Waals surface area contributed by atoms with Crippen molar-refractivity contribution in [3.8, 4) is 0 Å². The van der Waals surface area contributed by atoms with E-state index < -0.39 is 0 Å². The second-order valence-electron chi connectivity index (χ2n) is 3.77. The Morgan fingerprint density at radius 1 is 1.31 bits per heavy atom. The van der Waals surface area contributed by atoms with Crippen LogP contribution in [0.4, 0.5) is 0 Å². The maximum Gasteiger partial charge on any atom is 0.333 e. The van der Waals surface area contributed by atoms with Gasteiger partial charge >= 0.3 is 5.97 Å². The van der Waals surface area contributed by atoms with Crippen molar-refractivity contribution in [2.24, 2.45) is 0 Å². The Morgan fingerprint density at radius 3 is 2.00 bits per heavy atom. The minimum absolute atomic E-state index is 0.313. The van der Waals surface area contributed by atoms with Gasteiger partial charge in [0.15, 0.2) is 0 Å². The summed E-state index contributed by atoms with van der Waals surface area (Å²) in [7, 11) is 3.85. The van der Waals surface area contributed by atoms with E-state index in [2.05, 4.69) is 19.7 Å². The van der Waals surface area contributed by atoms with Gasteiger partial charge in [-0.3, -0.25) is 0 Å². The minimum Gasteiger partial charge on any atom is -0.461 e. The van der Waals surface area contributed by atoms with Gasteiger partial charge in [0.05, 0.1) is 0 Å². The highest BCUT2D eigenvalue weighted by Crippen LogP contribution is 1.91. The second-order valence-corrected chi connectivity index (χ2v) is 3.77. The number of carbonyl (C=O) groups is 1. The van der Waals surface area contributed by atoms with Gasteiger partial charge in [-0.25, -0.2) is 4.79 Å². The summed E-state index contributed by atoms with van der Waals surface area (Å²) >= 11 is 0. The fraction of sp³-hybridized carbons (Fsp3) is 0.462. The van der Waals surface area contributed by atoms with Crippen molar-refractivity contribution in [1.29, 1.82) is 0 Å². The smallest absolute Gasteiger partial charge is 0.333 e. The molecule has 0 unspecified atom stereocenters. The molecule has 0 bridgehead atoms. The van der Waals surface area contributed by atoms with E-state index in [0.29, 0.717) is 12.2 Å². The maximum atomic E-state index is 10.8. The molecule has 0 radical (unpaired) electrons. The van der Waals surface area contributed by atoms with Crippen molar-refractivity contribution in [1.82, 2.24) is 4.90 Å². The number of rotatable bonds is 5. The van der Waals surface area contributed by atoms with Crippen LogP contribution in [0.15, 0.2) is 37.0 Å². The lowest BCUT2D eigenvalue weighted by atomic mass is 10.4. The van der Waals surface area contributed by atoms with Crippen molar-refractivity contribution < 1.29 is 9.53 Å². The molecular weight excluding hydrogens is 202 g/mol. The lowest BCUT2D eigenvalue weighted by molar-refractivity contribution is -0.139. The molecule has 92 valence electrons. The van der Waals surface area contributed by atoms with Gasteiger partial charge in [-0.1, -0.05) is 31.4 Å². The number of hydrogen-bond donors (Lipinski definition) is 0. The average Bonchev–Trinajstić information content (AvgIpc) is 2.17. The molecule has 0 saturated carbocycles. The predicted molar refractivity (Wildman–Crippen MR) is 69.3 cm³/mol. The first-order valence-electron chi connectivity index (χ1n) is 5.06. The summed E-state index contributed by atoms with van der Waals surface area (Å²) in [5.41, 5.74) is 1.47. The fourth-order valence-electron chi connectivity index (χ4n) is 0.444. The third kappa shape index (κ3) is 15.1. The number of carbonyl (C=O) groups excluding carboxylic acids is 1. The topological polar surface area (TPSA) is 29.5 Å². The molecule has 0 spiro atoms. The van der Waals surface area contributed by atoms with Crippen LogP contribution in [-0.2, 0) is 9.53 Å². The van der Waals surface area contributed by atoms with Crippen LogP contribution >= 0.6 is 0 Å². The highest BCUT2D eigenvalue weighted by atomic mass is 16.5. The van der Waals surface area contributed by atoms with Crippen molar-refractivity contribution >= 4 is 5.97 Å². The lowest BCUT2D eigenvalue weighted by Crippen LogP contribution is -2.20. The van der Waals surface area contributed by atoms with Crippen LogP contribution in [0, 0.1) is 0 Å². The van der Waals surface area contributed by atoms with Crippen molar-refractivity contribution in [3.05, 3.63) is 37.0 Å². The summed E-state index contributed by atoms with van der Waals surface area (Å²) in [6.07, 6.45) is 1.72. The Kier molecular flexibility index (Phi) is 10.9. The Bertz CT molecular complexity index is 255. The summed E-state index contributed by atoms with van der Waals surface area (Å²) in [5.74, 6) is -0.313. The fourth-order valence-corrected chi connectivity index (χ4v) is 0.444. The molecule has 0 aromatic heterocycles. The van der Waals surface area contributed by atoms with E-state index in [4.69, 9.17) is 4.74 Å². The molecule has 0 aliphatic carbocycles. The predicted octanol–water partition coefficient (Wildman–Crippen LogP) is 2.42. The molecule has 0 aromatic carbocycles. The molecule has 0 amide bonds. The molecule has 0 heterocycles. The molecule has 0 aliphatic rings. The van der Waals surface area contributed by atoms with Gasteiger partial charge in [-0.05, 0) is 27.9 Å². The molecule has 3 heteroatoms. The molecule has 0 N–H and O–H groups in total. The highest BCUT2D eigenvalue weighted by Gasteiger charge is 2.01. The normalized spacial score (nSPS) is 8.81. The van der Waals surface area contributed by atoms with Crippen LogP contribution in [0.5, 0.6) is 0 Å². The summed E-state index contributed by atoms with van der Waals surface area (Å²) < 4.78 is 4.83. The van der Waals surface area contributed by atoms with Crippen LogP contribution < -0.4 is 0 Å². The van der Waals surface area contributed by atoms with Gasteiger partial charge in [-0.2, -0.15) is 0 Å². The van der Waals surface area contributed by atoms with Gasteiger partial charge in [0.1, 0.15) is 6.61 Å². The SMILES string of the molecule is C=C(C)C(=O)OCCN(C)C.C=CC(=C)C. The molecule has 16 heavy (non-hydrogen) atoms. The molecular formula is C13H23NO2. The monoisotopic (exact) mass is 225 g/mol. The highest BCUT2D eigenvalue weighted by molar-refractivity contribution is 5.86. The molecule has 0 aromatic rings. The zero-order valence-corrected chi connectivity index (χ0v) is 10.9. The van der Waals surface area contributed by atoms with Crippen LogP contribution in [0.25, 0.3) is 0 Å². The molecule has 0 aliphatic heterocycles. The lowest BCUT2D eigenvalue weighted by Gasteiger charge is -2.09. The van der Waals surface area contributed by atoms with E-state index in [9.17, 15) is 4.79 Å². The third-order valence-electron chi connectivity index (χ3n) is 1.47. The number of hydrogen-bond acceptors (Lipinski definition) is 3. The van der Waals surface area contributed by atoms with Crippen molar-refractivity contribution in [2.45, 2.75) is 13.8 Å². The average molecular weight is 225 g/mol. The van der Waals surface area contributed by atoms with Crippen LogP contribution in [-0.4, -0.2) is 38.1 Å². The number of nitrogens with zero attached hydrogens (tertiary/aromatic N) is 1. The number of likely N-dealkylation sites (N-methyl/N-ethyl adjacent to an activating group) is 1. The largest absolute Gasteiger partial charge is 0.461 e. The van der Waals surface area contributed by atoms with Crippen molar-refractivity contribution in [3.63, 3.8) is 0 Å². The second kappa shape index (κ2) is 10.2. The Labute approximate surface area is 99.1 Å². The first-order chi connectivity index (χ1) is 7.31. The minimum atomic E-state index is -0.313. The first kappa shape index (κ1) is 17.1. The van der Waals surface area contributed by atoms with E-state index in [-0.39, 0.29) is 5.97 Å². The van der Waals surface area contributed by atoms with E-state index in [1.807, 2.05) is 25.9 Å². The van der Waals surface area contributed by atoms with Crippen molar-refractivity contribution in [2.75, 3.05) is 27.2 Å². The molecule has 3 nitrogen and oxygen atoms in total. The summed E-state index contributed by atoms with van der Waals surface area (Å²) in [6, 6.07) is 0. The molecule has 0 atom stereocenters. The zero-order chi connectivity index (χ0) is 13.1. The van der Waals surface area contributed by atoms with Gasteiger partial charge < -0.3 is 9.64 Å². The van der Waals surface area contributed by atoms with E-state index in [1.165, 1.54) is 0 Å². The van der Waals surface area contributed by atoms with Crippen LogP contribution in [0.1, 0.15) is 13.8 Å². The van der Waals surface area contributed by atoms with E-state index >= 15 is 0 Å². The van der Waals surface area contributed by atoms with Gasteiger partial charge in [0, 0.05) is 12.1 Å². The van der Waals surface area contributed by atoms with Gasteiger partial charge in [0.2, 0.25) is 0 Å².